The third-order valence-corrected chi connectivity index (χ3v) is 14.8. The molecule has 0 aliphatic heterocycles. The smallest absolute Gasteiger partial charge is 0.391 e. The predicted molar refractivity (Wildman–Crippen MR) is 286 cm³/mol. The normalized spacial score (nSPS) is 13.9. The second-order valence-electron chi connectivity index (χ2n) is 21.7. The Morgan fingerprint density at radius 3 is 1.02 bits per heavy atom. The van der Waals surface area contributed by atoms with E-state index >= 15 is 0 Å². The Balaban J connectivity index is 3.97. The maximum atomic E-state index is 12.9. The monoisotopic (exact) mass is 958 g/mol. The SMILES string of the molecule is CCCCCCCCCCCCCCCCCCCCCCCCCCCCCCCCCC(O)C(COP(=O)(O)OCC[N+](C)(C)C)NC(=O)CCCCCCCCCCCCCCC. The number of rotatable bonds is 55. The summed E-state index contributed by atoms with van der Waals surface area (Å²) < 4.78 is 23.8. The van der Waals surface area contributed by atoms with E-state index in [9.17, 15) is 19.4 Å². The number of hydrogen-bond donors (Lipinski definition) is 3. The molecule has 0 aliphatic rings. The minimum Gasteiger partial charge on any atom is -0.391 e. The van der Waals surface area contributed by atoms with E-state index in [-0.39, 0.29) is 19.1 Å². The number of aliphatic hydroxyl groups excluding tert-OH is 1. The molecule has 0 rings (SSSR count). The van der Waals surface area contributed by atoms with E-state index in [0.717, 1.165) is 38.5 Å². The van der Waals surface area contributed by atoms with E-state index in [2.05, 4.69) is 19.2 Å². The van der Waals surface area contributed by atoms with Crippen LogP contribution in [0, 0.1) is 0 Å². The van der Waals surface area contributed by atoms with Crippen LogP contribution in [-0.2, 0) is 18.4 Å². The molecular formula is C57H118N2O6P+. The van der Waals surface area contributed by atoms with Crippen LogP contribution in [0.15, 0.2) is 0 Å². The van der Waals surface area contributed by atoms with Crippen LogP contribution in [0.25, 0.3) is 0 Å². The molecule has 1 amide bonds. The van der Waals surface area contributed by atoms with Crippen LogP contribution in [-0.4, -0.2) is 73.4 Å². The highest BCUT2D eigenvalue weighted by molar-refractivity contribution is 7.47. The third-order valence-electron chi connectivity index (χ3n) is 13.9. The second kappa shape index (κ2) is 49.5. The van der Waals surface area contributed by atoms with Gasteiger partial charge in [-0.15, -0.1) is 0 Å². The molecular weight excluding hydrogens is 840 g/mol. The minimum absolute atomic E-state index is 0.0790. The van der Waals surface area contributed by atoms with Gasteiger partial charge in [-0.2, -0.15) is 0 Å². The molecule has 0 spiro atoms. The summed E-state index contributed by atoms with van der Waals surface area (Å²) in [6.45, 7) is 4.93. The Morgan fingerprint density at radius 1 is 0.455 bits per heavy atom. The lowest BCUT2D eigenvalue weighted by Gasteiger charge is -2.26. The van der Waals surface area contributed by atoms with Gasteiger partial charge in [-0.05, 0) is 12.8 Å². The van der Waals surface area contributed by atoms with Crippen molar-refractivity contribution in [2.75, 3.05) is 40.9 Å². The topological polar surface area (TPSA) is 105 Å². The molecule has 396 valence electrons. The lowest BCUT2D eigenvalue weighted by atomic mass is 10.0. The first-order valence-corrected chi connectivity index (χ1v) is 30.9. The number of carbonyl (C=O) groups excluding carboxylic acids is 1. The summed E-state index contributed by atoms with van der Waals surface area (Å²) in [5.41, 5.74) is 0. The van der Waals surface area contributed by atoms with Crippen molar-refractivity contribution in [1.29, 1.82) is 0 Å². The molecule has 0 aliphatic carbocycles. The number of phosphoric ester groups is 1. The van der Waals surface area contributed by atoms with Gasteiger partial charge in [0.05, 0.1) is 39.9 Å². The highest BCUT2D eigenvalue weighted by atomic mass is 31.2. The van der Waals surface area contributed by atoms with Crippen LogP contribution in [0.3, 0.4) is 0 Å². The summed E-state index contributed by atoms with van der Waals surface area (Å²) in [6, 6.07) is -0.754. The molecule has 0 aromatic carbocycles. The molecule has 66 heavy (non-hydrogen) atoms. The van der Waals surface area contributed by atoms with E-state index in [0.29, 0.717) is 23.9 Å². The van der Waals surface area contributed by atoms with Crippen LogP contribution in [0.5, 0.6) is 0 Å². The third kappa shape index (κ3) is 51.4. The van der Waals surface area contributed by atoms with Crippen molar-refractivity contribution in [2.24, 2.45) is 0 Å². The van der Waals surface area contributed by atoms with Gasteiger partial charge in [0.1, 0.15) is 13.2 Å². The molecule has 0 saturated carbocycles. The van der Waals surface area contributed by atoms with Gasteiger partial charge < -0.3 is 19.8 Å². The van der Waals surface area contributed by atoms with Crippen molar-refractivity contribution in [2.45, 2.75) is 321 Å². The minimum atomic E-state index is -4.31. The molecule has 0 heterocycles. The predicted octanol–water partition coefficient (Wildman–Crippen LogP) is 17.7. The van der Waals surface area contributed by atoms with E-state index in [1.807, 2.05) is 21.1 Å². The first kappa shape index (κ1) is 65.5. The number of hydrogen-bond acceptors (Lipinski definition) is 5. The fourth-order valence-electron chi connectivity index (χ4n) is 9.23. The van der Waals surface area contributed by atoms with E-state index in [1.165, 1.54) is 244 Å². The zero-order valence-corrected chi connectivity index (χ0v) is 46.1. The second-order valence-corrected chi connectivity index (χ2v) is 23.2. The van der Waals surface area contributed by atoms with Gasteiger partial charge in [0, 0.05) is 6.42 Å². The van der Waals surface area contributed by atoms with Crippen molar-refractivity contribution in [3.05, 3.63) is 0 Å². The summed E-state index contributed by atoms with van der Waals surface area (Å²) in [6.07, 6.45) is 58.9. The van der Waals surface area contributed by atoms with Gasteiger partial charge in [-0.3, -0.25) is 13.8 Å². The summed E-state index contributed by atoms with van der Waals surface area (Å²) >= 11 is 0. The summed E-state index contributed by atoms with van der Waals surface area (Å²) in [7, 11) is 1.64. The van der Waals surface area contributed by atoms with Crippen LogP contribution < -0.4 is 5.32 Å². The van der Waals surface area contributed by atoms with E-state index in [1.54, 1.807) is 0 Å². The van der Waals surface area contributed by atoms with Gasteiger partial charge in [0.25, 0.3) is 0 Å². The fraction of sp³-hybridized carbons (Fsp3) is 0.982. The number of quaternary nitrogens is 1. The molecule has 0 radical (unpaired) electrons. The Hall–Kier alpha value is -0.500. The fourth-order valence-corrected chi connectivity index (χ4v) is 9.96. The number of likely N-dealkylation sites (N-methyl/N-ethyl adjacent to an activating group) is 1. The van der Waals surface area contributed by atoms with Crippen molar-refractivity contribution in [3.8, 4) is 0 Å². The van der Waals surface area contributed by atoms with Gasteiger partial charge in [-0.25, -0.2) is 4.57 Å². The van der Waals surface area contributed by atoms with Gasteiger partial charge >= 0.3 is 7.82 Å². The number of amides is 1. The number of carbonyl (C=O) groups is 1. The standard InChI is InChI=1S/C57H117N2O6P/c1-6-8-10-12-14-16-18-20-21-22-23-24-25-26-27-28-29-30-31-32-33-34-35-36-37-39-40-42-44-46-48-50-56(60)55(54-65-66(62,63)64-53-52-59(3,4)5)58-57(61)51-49-47-45-43-41-38-19-17-15-13-11-9-7-2/h55-56,60H,6-54H2,1-5H3,(H-,58,61,62,63)/p+1. The first-order valence-electron chi connectivity index (χ1n) is 29.4. The van der Waals surface area contributed by atoms with Crippen molar-refractivity contribution >= 4 is 13.7 Å². The molecule has 3 unspecified atom stereocenters. The Morgan fingerprint density at radius 2 is 0.727 bits per heavy atom. The van der Waals surface area contributed by atoms with Gasteiger partial charge in [0.2, 0.25) is 5.91 Å². The first-order chi connectivity index (χ1) is 32.0. The highest BCUT2D eigenvalue weighted by Gasteiger charge is 2.28. The molecule has 3 N–H and O–H groups in total. The Bertz CT molecular complexity index is 1040. The van der Waals surface area contributed by atoms with Crippen molar-refractivity contribution < 1.29 is 32.9 Å². The zero-order valence-electron chi connectivity index (χ0n) is 45.2. The molecule has 3 atom stereocenters. The zero-order chi connectivity index (χ0) is 48.5. The van der Waals surface area contributed by atoms with Crippen molar-refractivity contribution in [1.82, 2.24) is 5.32 Å². The maximum Gasteiger partial charge on any atom is 0.472 e. The molecule has 9 heteroatoms. The lowest BCUT2D eigenvalue weighted by molar-refractivity contribution is -0.870. The molecule has 0 bridgehead atoms. The Kier molecular flexibility index (Phi) is 49.1. The number of phosphoric acid groups is 1. The average Bonchev–Trinajstić information content (AvgIpc) is 3.28. The maximum absolute atomic E-state index is 12.9. The van der Waals surface area contributed by atoms with Crippen LogP contribution in [0.2, 0.25) is 0 Å². The lowest BCUT2D eigenvalue weighted by Crippen LogP contribution is -2.46. The highest BCUT2D eigenvalue weighted by Crippen LogP contribution is 2.43. The van der Waals surface area contributed by atoms with Crippen LogP contribution >= 0.6 is 7.82 Å². The molecule has 0 fully saturated rings. The largest absolute Gasteiger partial charge is 0.472 e. The van der Waals surface area contributed by atoms with E-state index in [4.69, 9.17) is 9.05 Å². The molecule has 0 saturated heterocycles. The molecule has 8 nitrogen and oxygen atoms in total. The summed E-state index contributed by atoms with van der Waals surface area (Å²) in [4.78, 5) is 23.3. The Labute approximate surface area is 412 Å². The summed E-state index contributed by atoms with van der Waals surface area (Å²) in [5, 5.41) is 14.1. The van der Waals surface area contributed by atoms with Gasteiger partial charge in [-0.1, -0.05) is 290 Å². The number of nitrogens with zero attached hydrogens (tertiary/aromatic N) is 1. The van der Waals surface area contributed by atoms with Gasteiger partial charge in [0.15, 0.2) is 0 Å². The molecule has 0 aromatic heterocycles. The number of nitrogens with one attached hydrogen (secondary N) is 1. The number of unbranched alkanes of at least 4 members (excludes halogenated alkanes) is 42. The van der Waals surface area contributed by atoms with Crippen molar-refractivity contribution in [3.63, 3.8) is 0 Å². The summed E-state index contributed by atoms with van der Waals surface area (Å²) in [5.74, 6) is -0.139. The molecule has 0 aromatic rings. The van der Waals surface area contributed by atoms with E-state index < -0.39 is 20.0 Å². The quantitative estimate of drug-likeness (QED) is 0.0319. The number of aliphatic hydroxyl groups is 1. The average molecular weight is 959 g/mol. The van der Waals surface area contributed by atoms with Crippen LogP contribution in [0.1, 0.15) is 309 Å². The van der Waals surface area contributed by atoms with Crippen LogP contribution in [0.4, 0.5) is 0 Å².